The van der Waals surface area contributed by atoms with Crippen LogP contribution in [-0.4, -0.2) is 47.8 Å². The molecule has 0 atom stereocenters. The summed E-state index contributed by atoms with van der Waals surface area (Å²) in [6.45, 7) is 3.45. The minimum atomic E-state index is 0.713. The third kappa shape index (κ3) is 2.95. The zero-order chi connectivity index (χ0) is 19.9. The van der Waals surface area contributed by atoms with Crippen LogP contribution in [0, 0.1) is 0 Å². The molecule has 7 nitrogen and oxygen atoms in total. The van der Waals surface area contributed by atoms with Crippen LogP contribution in [0.15, 0.2) is 69.0 Å². The molecule has 148 valence electrons. The number of nitrogens with zero attached hydrogens (tertiary/aromatic N) is 3. The summed E-state index contributed by atoms with van der Waals surface area (Å²) in [5.74, 6) is 4.14. The Labute approximate surface area is 173 Å². The van der Waals surface area contributed by atoms with E-state index in [9.17, 15) is 0 Å². The van der Waals surface area contributed by atoms with Crippen molar-refractivity contribution in [2.45, 2.75) is 0 Å². The van der Waals surface area contributed by atoms with Gasteiger partial charge in [0.15, 0.2) is 11.6 Å². The van der Waals surface area contributed by atoms with Crippen molar-refractivity contribution in [3.63, 3.8) is 0 Å². The number of aromatic nitrogens is 2. The number of imidazole rings is 1. The molecule has 0 saturated carbocycles. The van der Waals surface area contributed by atoms with E-state index in [0.29, 0.717) is 5.76 Å². The summed E-state index contributed by atoms with van der Waals surface area (Å²) in [5.41, 5.74) is 5.05. The first-order valence-corrected chi connectivity index (χ1v) is 10.1. The predicted octanol–water partition coefficient (Wildman–Crippen LogP) is 3.19. The van der Waals surface area contributed by atoms with Gasteiger partial charge in [0.2, 0.25) is 0 Å². The smallest absolute Gasteiger partial charge is 0.174 e. The summed E-state index contributed by atoms with van der Waals surface area (Å²) in [4.78, 5) is 17.0. The summed E-state index contributed by atoms with van der Waals surface area (Å²) in [7, 11) is 0. The molecule has 0 fully saturated rings. The topological polar surface area (TPSA) is 90.6 Å². The van der Waals surface area contributed by atoms with Crippen LogP contribution in [0.25, 0.3) is 33.9 Å². The summed E-state index contributed by atoms with van der Waals surface area (Å²) in [6.07, 6.45) is 0. The van der Waals surface area contributed by atoms with Gasteiger partial charge < -0.3 is 20.0 Å². The Kier molecular flexibility index (Phi) is 3.90. The van der Waals surface area contributed by atoms with E-state index >= 15 is 0 Å². The van der Waals surface area contributed by atoms with Gasteiger partial charge in [-0.15, -0.1) is 0 Å². The number of H-pyrrole nitrogens is 1. The molecule has 0 unspecified atom stereocenters. The third-order valence-corrected chi connectivity index (χ3v) is 5.39. The van der Waals surface area contributed by atoms with Crippen molar-refractivity contribution in [2.24, 2.45) is 9.98 Å². The van der Waals surface area contributed by atoms with Crippen molar-refractivity contribution < 1.29 is 4.42 Å². The van der Waals surface area contributed by atoms with E-state index in [1.165, 1.54) is 0 Å². The van der Waals surface area contributed by atoms with Gasteiger partial charge in [0, 0.05) is 29.8 Å². The van der Waals surface area contributed by atoms with E-state index < -0.39 is 0 Å². The molecule has 30 heavy (non-hydrogen) atoms. The number of amidine groups is 2. The second-order valence-electron chi connectivity index (χ2n) is 7.37. The molecule has 0 amide bonds. The Morgan fingerprint density at radius 1 is 0.700 bits per heavy atom. The highest BCUT2D eigenvalue weighted by Crippen LogP contribution is 2.29. The summed E-state index contributed by atoms with van der Waals surface area (Å²) >= 11 is 0. The normalized spacial score (nSPS) is 15.7. The minimum Gasteiger partial charge on any atom is -0.453 e. The number of aliphatic imine (C=N–C) groups is 2. The van der Waals surface area contributed by atoms with Gasteiger partial charge in [0.05, 0.1) is 24.1 Å². The monoisotopic (exact) mass is 396 g/mol. The Hall–Kier alpha value is -3.87. The second kappa shape index (κ2) is 6.88. The molecule has 2 aliphatic rings. The van der Waals surface area contributed by atoms with Crippen LogP contribution in [0.5, 0.6) is 0 Å². The molecule has 0 saturated heterocycles. The maximum absolute atomic E-state index is 6.11. The van der Waals surface area contributed by atoms with Gasteiger partial charge in [-0.2, -0.15) is 0 Å². The Morgan fingerprint density at radius 3 is 2.10 bits per heavy atom. The Morgan fingerprint density at radius 2 is 1.37 bits per heavy atom. The zero-order valence-electron chi connectivity index (χ0n) is 16.3. The number of hydrogen-bond acceptors (Lipinski definition) is 6. The van der Waals surface area contributed by atoms with Gasteiger partial charge in [-0.3, -0.25) is 9.98 Å². The highest BCUT2D eigenvalue weighted by atomic mass is 16.3. The van der Waals surface area contributed by atoms with Gasteiger partial charge in [0.1, 0.15) is 17.4 Å². The van der Waals surface area contributed by atoms with Crippen LogP contribution in [0.1, 0.15) is 11.1 Å². The number of nitrogens with one attached hydrogen (secondary N) is 3. The number of furan rings is 1. The van der Waals surface area contributed by atoms with E-state index in [1.54, 1.807) is 0 Å². The minimum absolute atomic E-state index is 0.713. The molecular formula is C23H20N6O. The maximum atomic E-state index is 6.11. The van der Waals surface area contributed by atoms with E-state index in [4.69, 9.17) is 9.40 Å². The lowest BCUT2D eigenvalue weighted by Crippen LogP contribution is -2.19. The lowest BCUT2D eigenvalue weighted by molar-refractivity contribution is 0.593. The van der Waals surface area contributed by atoms with Crippen molar-refractivity contribution in [2.75, 3.05) is 26.2 Å². The number of aromatic amines is 1. The summed E-state index contributed by atoms with van der Waals surface area (Å²) < 4.78 is 6.11. The van der Waals surface area contributed by atoms with Gasteiger partial charge in [-0.1, -0.05) is 24.3 Å². The molecule has 0 spiro atoms. The molecule has 0 aliphatic carbocycles. The largest absolute Gasteiger partial charge is 0.453 e. The molecule has 2 aromatic carbocycles. The first kappa shape index (κ1) is 17.0. The van der Waals surface area contributed by atoms with Gasteiger partial charge in [0.25, 0.3) is 0 Å². The highest BCUT2D eigenvalue weighted by molar-refractivity contribution is 6.02. The fourth-order valence-electron chi connectivity index (χ4n) is 3.87. The van der Waals surface area contributed by atoms with Crippen molar-refractivity contribution >= 4 is 22.7 Å². The Balaban J connectivity index is 1.28. The molecule has 7 heteroatoms. The van der Waals surface area contributed by atoms with Crippen LogP contribution >= 0.6 is 0 Å². The van der Waals surface area contributed by atoms with Gasteiger partial charge in [-0.05, 0) is 30.3 Å². The highest BCUT2D eigenvalue weighted by Gasteiger charge is 2.14. The maximum Gasteiger partial charge on any atom is 0.174 e. The van der Waals surface area contributed by atoms with Gasteiger partial charge >= 0.3 is 0 Å². The molecule has 2 aromatic heterocycles. The lowest BCUT2D eigenvalue weighted by atomic mass is 10.1. The molecule has 2 aliphatic heterocycles. The number of hydrogen-bond donors (Lipinski definition) is 3. The lowest BCUT2D eigenvalue weighted by Gasteiger charge is -2.03. The summed E-state index contributed by atoms with van der Waals surface area (Å²) in [6, 6.07) is 18.3. The fraction of sp³-hybridized carbons (Fsp3) is 0.174. The molecule has 4 heterocycles. The molecule has 4 aromatic rings. The van der Waals surface area contributed by atoms with Crippen LogP contribution in [0.2, 0.25) is 0 Å². The van der Waals surface area contributed by atoms with Crippen LogP contribution in [-0.2, 0) is 0 Å². The van der Waals surface area contributed by atoms with Crippen molar-refractivity contribution in [3.05, 3.63) is 65.7 Å². The van der Waals surface area contributed by atoms with Crippen LogP contribution in [0.3, 0.4) is 0 Å². The molecular weight excluding hydrogens is 376 g/mol. The van der Waals surface area contributed by atoms with Crippen LogP contribution < -0.4 is 10.6 Å². The van der Waals surface area contributed by atoms with E-state index in [2.05, 4.69) is 55.9 Å². The summed E-state index contributed by atoms with van der Waals surface area (Å²) in [5, 5.41) is 6.60. The average molecular weight is 396 g/mol. The quantitative estimate of drug-likeness (QED) is 0.494. The standard InChI is InChI=1S/C23H20N6O/c1-3-15(21-24-9-10-25-21)4-2-14(1)19-7-8-20(30-19)23-28-17-6-5-16(13-18(17)29-23)22-26-11-12-27-22/h1-8,13H,9-12H2,(H,24,25)(H,26,27)(H,28,29). The zero-order valence-corrected chi connectivity index (χ0v) is 16.3. The fourth-order valence-corrected chi connectivity index (χ4v) is 3.87. The van der Waals surface area contributed by atoms with Crippen molar-refractivity contribution in [3.8, 4) is 22.9 Å². The number of fused-ring (bicyclic) bond motifs is 1. The first-order valence-electron chi connectivity index (χ1n) is 10.1. The van der Waals surface area contributed by atoms with Crippen molar-refractivity contribution in [1.82, 2.24) is 20.6 Å². The number of benzene rings is 2. The van der Waals surface area contributed by atoms with Crippen molar-refractivity contribution in [1.29, 1.82) is 0 Å². The number of rotatable bonds is 4. The molecule has 3 N–H and O–H groups in total. The predicted molar refractivity (Wildman–Crippen MR) is 118 cm³/mol. The first-order chi connectivity index (χ1) is 14.8. The van der Waals surface area contributed by atoms with Crippen LogP contribution in [0.4, 0.5) is 0 Å². The second-order valence-corrected chi connectivity index (χ2v) is 7.37. The van der Waals surface area contributed by atoms with E-state index in [-0.39, 0.29) is 0 Å². The SMILES string of the molecule is c1cc(-c2ccc(-c3nc4ccc(C5=NCCN5)cc4[nH]3)o2)ccc1C1=NCCN1. The Bertz CT molecular complexity index is 1290. The van der Waals surface area contributed by atoms with Gasteiger partial charge in [-0.25, -0.2) is 4.98 Å². The average Bonchev–Trinajstić information content (AvgIpc) is 3.58. The van der Waals surface area contributed by atoms with E-state index in [0.717, 1.165) is 77.2 Å². The van der Waals surface area contributed by atoms with E-state index in [1.807, 2.05) is 24.3 Å². The molecule has 0 radical (unpaired) electrons. The molecule has 6 rings (SSSR count). The third-order valence-electron chi connectivity index (χ3n) is 5.39. The molecule has 0 bridgehead atoms.